The number of amides is 1. The van der Waals surface area contributed by atoms with Gasteiger partial charge in [-0.1, -0.05) is 25.1 Å². The van der Waals surface area contributed by atoms with Crippen molar-refractivity contribution in [2.75, 3.05) is 39.3 Å². The van der Waals surface area contributed by atoms with E-state index in [9.17, 15) is 4.79 Å². The molecule has 3 rings (SSSR count). The number of pyridine rings is 1. The first kappa shape index (κ1) is 14.8. The predicted octanol–water partition coefficient (Wildman–Crippen LogP) is 1.78. The van der Waals surface area contributed by atoms with Gasteiger partial charge in [0.2, 0.25) is 0 Å². The van der Waals surface area contributed by atoms with E-state index in [4.69, 9.17) is 4.74 Å². The van der Waals surface area contributed by atoms with Gasteiger partial charge < -0.3 is 14.5 Å². The minimum absolute atomic E-state index is 0.0451. The molecule has 116 valence electrons. The number of hydrogen-bond acceptors (Lipinski definition) is 4. The lowest BCUT2D eigenvalue weighted by molar-refractivity contribution is -0.135. The van der Waals surface area contributed by atoms with Crippen molar-refractivity contribution in [3.05, 3.63) is 36.5 Å². The summed E-state index contributed by atoms with van der Waals surface area (Å²) in [4.78, 5) is 20.8. The zero-order chi connectivity index (χ0) is 15.4. The highest BCUT2D eigenvalue weighted by molar-refractivity contribution is 5.85. The summed E-state index contributed by atoms with van der Waals surface area (Å²) in [6, 6.07) is 9.65. The van der Waals surface area contributed by atoms with Crippen LogP contribution < -0.4 is 4.74 Å². The van der Waals surface area contributed by atoms with Crippen LogP contribution in [0.5, 0.6) is 5.75 Å². The molecule has 1 aliphatic rings. The molecule has 1 aromatic carbocycles. The third kappa shape index (κ3) is 3.20. The summed E-state index contributed by atoms with van der Waals surface area (Å²) in [5, 5.41) is 1.02. The molecule has 0 saturated carbocycles. The summed E-state index contributed by atoms with van der Waals surface area (Å²) in [5.74, 6) is 0.710. The van der Waals surface area contributed by atoms with E-state index in [1.165, 1.54) is 0 Å². The van der Waals surface area contributed by atoms with Crippen LogP contribution in [0.15, 0.2) is 36.5 Å². The normalized spacial score (nSPS) is 16.0. The Morgan fingerprint density at radius 1 is 1.18 bits per heavy atom. The van der Waals surface area contributed by atoms with Crippen molar-refractivity contribution in [3.8, 4) is 5.75 Å². The van der Waals surface area contributed by atoms with Gasteiger partial charge in [-0.3, -0.25) is 9.78 Å². The molecule has 1 saturated heterocycles. The summed E-state index contributed by atoms with van der Waals surface area (Å²) in [7, 11) is 0. The first-order valence-corrected chi connectivity index (χ1v) is 7.74. The van der Waals surface area contributed by atoms with E-state index in [1.54, 1.807) is 6.20 Å². The molecule has 0 aliphatic carbocycles. The Morgan fingerprint density at radius 2 is 1.95 bits per heavy atom. The van der Waals surface area contributed by atoms with Gasteiger partial charge in [0, 0.05) is 37.8 Å². The van der Waals surface area contributed by atoms with Crippen LogP contribution in [0.25, 0.3) is 10.9 Å². The number of carbonyl (C=O) groups is 1. The molecule has 0 bridgehead atoms. The van der Waals surface area contributed by atoms with Gasteiger partial charge in [-0.15, -0.1) is 0 Å². The number of hydrogen-bond donors (Lipinski definition) is 0. The highest BCUT2D eigenvalue weighted by Gasteiger charge is 2.20. The molecule has 0 N–H and O–H groups in total. The maximum absolute atomic E-state index is 12.3. The Labute approximate surface area is 130 Å². The van der Waals surface area contributed by atoms with Crippen molar-refractivity contribution < 1.29 is 9.53 Å². The zero-order valence-corrected chi connectivity index (χ0v) is 12.9. The Hall–Kier alpha value is -2.14. The van der Waals surface area contributed by atoms with Crippen molar-refractivity contribution in [1.29, 1.82) is 0 Å². The lowest BCUT2D eigenvalue weighted by Gasteiger charge is -2.33. The van der Waals surface area contributed by atoms with Crippen LogP contribution in [-0.4, -0.2) is 60.0 Å². The standard InChI is InChI=1S/C17H21N3O2/c1-2-19-9-11-20(12-10-19)16(21)13-22-15-7-3-5-14-6-4-8-18-17(14)15/h3-8H,2,9-13H2,1H3. The molecule has 1 fully saturated rings. The Bertz CT molecular complexity index is 646. The molecule has 0 radical (unpaired) electrons. The van der Waals surface area contributed by atoms with Gasteiger partial charge in [0.05, 0.1) is 0 Å². The smallest absolute Gasteiger partial charge is 0.260 e. The summed E-state index contributed by atoms with van der Waals surface area (Å²) < 4.78 is 5.72. The van der Waals surface area contributed by atoms with Gasteiger partial charge in [-0.05, 0) is 18.7 Å². The minimum atomic E-state index is 0.0451. The first-order valence-electron chi connectivity index (χ1n) is 7.74. The van der Waals surface area contributed by atoms with Crippen molar-refractivity contribution >= 4 is 16.8 Å². The lowest BCUT2D eigenvalue weighted by atomic mass is 10.2. The fourth-order valence-electron chi connectivity index (χ4n) is 2.74. The van der Waals surface area contributed by atoms with E-state index in [1.807, 2.05) is 35.2 Å². The van der Waals surface area contributed by atoms with Crippen molar-refractivity contribution in [2.24, 2.45) is 0 Å². The van der Waals surface area contributed by atoms with Crippen LogP contribution in [0.2, 0.25) is 0 Å². The van der Waals surface area contributed by atoms with Gasteiger partial charge in [0.15, 0.2) is 6.61 Å². The number of fused-ring (bicyclic) bond motifs is 1. The largest absolute Gasteiger partial charge is 0.481 e. The molecule has 0 spiro atoms. The SMILES string of the molecule is CCN1CCN(C(=O)COc2cccc3cccnc23)CC1. The molecule has 1 amide bonds. The van der Waals surface area contributed by atoms with Gasteiger partial charge in [0.25, 0.3) is 5.91 Å². The highest BCUT2D eigenvalue weighted by atomic mass is 16.5. The molecule has 5 nitrogen and oxygen atoms in total. The number of aromatic nitrogens is 1. The second kappa shape index (κ2) is 6.75. The van der Waals surface area contributed by atoms with Crippen molar-refractivity contribution in [3.63, 3.8) is 0 Å². The van der Waals surface area contributed by atoms with E-state index < -0.39 is 0 Å². The van der Waals surface area contributed by atoms with Gasteiger partial charge in [-0.25, -0.2) is 0 Å². The number of rotatable bonds is 4. The molecule has 1 aromatic heterocycles. The second-order valence-corrected chi connectivity index (χ2v) is 5.43. The van der Waals surface area contributed by atoms with E-state index in [0.717, 1.165) is 43.6 Å². The second-order valence-electron chi connectivity index (χ2n) is 5.43. The number of nitrogens with zero attached hydrogens (tertiary/aromatic N) is 3. The predicted molar refractivity (Wildman–Crippen MR) is 85.9 cm³/mol. The van der Waals surface area contributed by atoms with Crippen LogP contribution in [0.4, 0.5) is 0 Å². The lowest BCUT2D eigenvalue weighted by Crippen LogP contribution is -2.49. The average molecular weight is 299 g/mol. The highest BCUT2D eigenvalue weighted by Crippen LogP contribution is 2.22. The number of benzene rings is 1. The fraction of sp³-hybridized carbons (Fsp3) is 0.412. The zero-order valence-electron chi connectivity index (χ0n) is 12.9. The summed E-state index contributed by atoms with van der Waals surface area (Å²) in [6.45, 7) is 6.71. The van der Waals surface area contributed by atoms with Crippen molar-refractivity contribution in [1.82, 2.24) is 14.8 Å². The molecule has 0 atom stereocenters. The molecule has 2 heterocycles. The molecule has 22 heavy (non-hydrogen) atoms. The minimum Gasteiger partial charge on any atom is -0.481 e. The number of para-hydroxylation sites is 1. The third-order valence-corrected chi connectivity index (χ3v) is 4.12. The summed E-state index contributed by atoms with van der Waals surface area (Å²) in [6.07, 6.45) is 1.74. The first-order chi connectivity index (χ1) is 10.8. The van der Waals surface area contributed by atoms with Gasteiger partial charge >= 0.3 is 0 Å². The molecule has 5 heteroatoms. The Morgan fingerprint density at radius 3 is 2.73 bits per heavy atom. The number of piperazine rings is 1. The fourth-order valence-corrected chi connectivity index (χ4v) is 2.74. The molecule has 1 aliphatic heterocycles. The van der Waals surface area contributed by atoms with E-state index in [0.29, 0.717) is 5.75 Å². The molecule has 2 aromatic rings. The van der Waals surface area contributed by atoms with Gasteiger partial charge in [-0.2, -0.15) is 0 Å². The van der Waals surface area contributed by atoms with Crippen LogP contribution in [0.3, 0.4) is 0 Å². The summed E-state index contributed by atoms with van der Waals surface area (Å²) in [5.41, 5.74) is 0.800. The molecular weight excluding hydrogens is 278 g/mol. The average Bonchev–Trinajstić information content (AvgIpc) is 2.59. The Balaban J connectivity index is 1.61. The van der Waals surface area contributed by atoms with E-state index >= 15 is 0 Å². The van der Waals surface area contributed by atoms with Crippen LogP contribution in [-0.2, 0) is 4.79 Å². The maximum Gasteiger partial charge on any atom is 0.260 e. The monoisotopic (exact) mass is 299 g/mol. The van der Waals surface area contributed by atoms with Crippen molar-refractivity contribution in [2.45, 2.75) is 6.92 Å². The number of ether oxygens (including phenoxy) is 1. The van der Waals surface area contributed by atoms with E-state index in [-0.39, 0.29) is 12.5 Å². The third-order valence-electron chi connectivity index (χ3n) is 4.12. The van der Waals surface area contributed by atoms with Crippen LogP contribution in [0, 0.1) is 0 Å². The molecular formula is C17H21N3O2. The quantitative estimate of drug-likeness (QED) is 0.863. The topological polar surface area (TPSA) is 45.7 Å². The van der Waals surface area contributed by atoms with Gasteiger partial charge in [0.1, 0.15) is 11.3 Å². The maximum atomic E-state index is 12.3. The number of likely N-dealkylation sites (N-methyl/N-ethyl adjacent to an activating group) is 1. The number of carbonyl (C=O) groups excluding carboxylic acids is 1. The van der Waals surface area contributed by atoms with E-state index in [2.05, 4.69) is 16.8 Å². The van der Waals surface area contributed by atoms with Crippen LogP contribution in [0.1, 0.15) is 6.92 Å². The summed E-state index contributed by atoms with van der Waals surface area (Å²) >= 11 is 0. The Kier molecular flexibility index (Phi) is 4.53. The molecule has 0 unspecified atom stereocenters. The van der Waals surface area contributed by atoms with Crippen LogP contribution >= 0.6 is 0 Å².